The fraction of sp³-hybridized carbons (Fsp3) is 0.250. The number of rotatable bonds is 7. The highest BCUT2D eigenvalue weighted by Crippen LogP contribution is 2.23. The molecule has 3 aromatic heterocycles. The van der Waals surface area contributed by atoms with Crippen molar-refractivity contribution >= 4 is 22.8 Å². The number of fused-ring (bicyclic) bond motifs is 1. The molecule has 0 saturated carbocycles. The molecule has 4 rings (SSSR count). The second-order valence-electron chi connectivity index (χ2n) is 7.50. The number of benzene rings is 1. The van der Waals surface area contributed by atoms with Crippen molar-refractivity contribution in [2.75, 3.05) is 6.61 Å². The van der Waals surface area contributed by atoms with E-state index in [1.165, 1.54) is 0 Å². The van der Waals surface area contributed by atoms with Crippen molar-refractivity contribution in [3.05, 3.63) is 83.3 Å². The van der Waals surface area contributed by atoms with Crippen molar-refractivity contribution < 1.29 is 23.2 Å². The predicted molar refractivity (Wildman–Crippen MR) is 115 cm³/mol. The van der Waals surface area contributed by atoms with E-state index in [0.29, 0.717) is 17.9 Å². The maximum atomic E-state index is 12.6. The van der Waals surface area contributed by atoms with Gasteiger partial charge in [-0.3, -0.25) is 4.79 Å². The summed E-state index contributed by atoms with van der Waals surface area (Å²) in [6.07, 6.45) is 1.61. The Kier molecular flexibility index (Phi) is 5.66. The highest BCUT2D eigenvalue weighted by atomic mass is 16.5. The number of hydrogen-bond donors (Lipinski definition) is 1. The van der Waals surface area contributed by atoms with E-state index in [4.69, 9.17) is 13.6 Å². The monoisotopic (exact) mass is 420 g/mol. The van der Waals surface area contributed by atoms with Crippen LogP contribution in [0.5, 0.6) is 0 Å². The van der Waals surface area contributed by atoms with Crippen molar-refractivity contribution in [2.45, 2.75) is 33.4 Å². The van der Waals surface area contributed by atoms with Crippen LogP contribution >= 0.6 is 0 Å². The molecule has 0 fully saturated rings. The zero-order chi connectivity index (χ0) is 22.0. The largest absolute Gasteiger partial charge is 0.467 e. The highest BCUT2D eigenvalue weighted by molar-refractivity contribution is 5.92. The lowest BCUT2D eigenvalue weighted by molar-refractivity contribution is -0.125. The number of ether oxygens (including phenoxy) is 1. The normalized spacial score (nSPS) is 12.1. The molecule has 7 heteroatoms. The molecule has 0 aliphatic heterocycles. The van der Waals surface area contributed by atoms with Crippen LogP contribution in [-0.4, -0.2) is 23.1 Å². The summed E-state index contributed by atoms with van der Waals surface area (Å²) >= 11 is 0. The van der Waals surface area contributed by atoms with Gasteiger partial charge >= 0.3 is 5.97 Å². The molecule has 0 saturated heterocycles. The summed E-state index contributed by atoms with van der Waals surface area (Å²) in [6.45, 7) is 5.73. The Balaban J connectivity index is 1.35. The number of esters is 1. The van der Waals surface area contributed by atoms with E-state index in [-0.39, 0.29) is 12.6 Å². The first kappa shape index (κ1) is 20.5. The lowest BCUT2D eigenvalue weighted by Gasteiger charge is -2.12. The smallest absolute Gasteiger partial charge is 0.340 e. The van der Waals surface area contributed by atoms with Gasteiger partial charge in [0, 0.05) is 16.8 Å². The third-order valence-corrected chi connectivity index (χ3v) is 5.27. The molecule has 1 amide bonds. The number of para-hydroxylation sites is 1. The molecule has 1 unspecified atom stereocenters. The average molecular weight is 420 g/mol. The maximum Gasteiger partial charge on any atom is 0.340 e. The Morgan fingerprint density at radius 3 is 2.68 bits per heavy atom. The van der Waals surface area contributed by atoms with Gasteiger partial charge in [-0.1, -0.05) is 18.2 Å². The summed E-state index contributed by atoms with van der Waals surface area (Å²) in [5.41, 5.74) is 2.86. The minimum atomic E-state index is -0.537. The van der Waals surface area contributed by atoms with Crippen LogP contribution in [0.2, 0.25) is 0 Å². The van der Waals surface area contributed by atoms with Gasteiger partial charge in [0.25, 0.3) is 5.91 Å². The van der Waals surface area contributed by atoms with Crippen LogP contribution in [0.15, 0.2) is 63.6 Å². The molecule has 1 N–H and O–H groups in total. The number of amides is 1. The zero-order valence-electron chi connectivity index (χ0n) is 17.7. The van der Waals surface area contributed by atoms with Crippen LogP contribution < -0.4 is 5.32 Å². The summed E-state index contributed by atoms with van der Waals surface area (Å²) in [5, 5.41) is 3.76. The number of nitrogens with zero attached hydrogens (tertiary/aromatic N) is 1. The third-order valence-electron chi connectivity index (χ3n) is 5.27. The molecule has 31 heavy (non-hydrogen) atoms. The summed E-state index contributed by atoms with van der Waals surface area (Å²) in [6, 6.07) is 14.6. The van der Waals surface area contributed by atoms with Gasteiger partial charge in [-0.25, -0.2) is 4.79 Å². The minimum absolute atomic E-state index is 0.350. The lowest BCUT2D eigenvalue weighted by Crippen LogP contribution is -2.31. The van der Waals surface area contributed by atoms with Crippen molar-refractivity contribution in [1.29, 1.82) is 0 Å². The standard InChI is InChI=1S/C24H24N2O5/c1-15-11-20(17(3)26(15)13-19-8-6-10-29-19)24(28)30-14-23(27)25-16(2)22-12-18-7-4-5-9-21(18)31-22/h4-12,16H,13-14H2,1-3H3,(H,25,27). The Morgan fingerprint density at radius 1 is 1.13 bits per heavy atom. The van der Waals surface area contributed by atoms with Gasteiger partial charge in [0.2, 0.25) is 0 Å². The van der Waals surface area contributed by atoms with E-state index >= 15 is 0 Å². The molecule has 3 heterocycles. The first-order valence-electron chi connectivity index (χ1n) is 10.1. The number of carbonyl (C=O) groups excluding carboxylic acids is 2. The SMILES string of the molecule is Cc1cc(C(=O)OCC(=O)NC(C)c2cc3ccccc3o2)c(C)n1Cc1ccco1. The average Bonchev–Trinajstić information content (AvgIpc) is 3.48. The third kappa shape index (κ3) is 4.40. The quantitative estimate of drug-likeness (QED) is 0.444. The topological polar surface area (TPSA) is 86.6 Å². The number of aryl methyl sites for hydroxylation is 1. The molecule has 160 valence electrons. The summed E-state index contributed by atoms with van der Waals surface area (Å²) in [4.78, 5) is 24.9. The fourth-order valence-electron chi connectivity index (χ4n) is 3.59. The first-order chi connectivity index (χ1) is 14.9. The predicted octanol–water partition coefficient (Wildman–Crippen LogP) is 4.53. The van der Waals surface area contributed by atoms with Crippen molar-refractivity contribution in [1.82, 2.24) is 9.88 Å². The molecule has 0 bridgehead atoms. The minimum Gasteiger partial charge on any atom is -0.467 e. The summed E-state index contributed by atoms with van der Waals surface area (Å²) < 4.78 is 18.4. The van der Waals surface area contributed by atoms with Crippen molar-refractivity contribution in [3.63, 3.8) is 0 Å². The van der Waals surface area contributed by atoms with E-state index in [9.17, 15) is 9.59 Å². The van der Waals surface area contributed by atoms with Crippen LogP contribution in [0.3, 0.4) is 0 Å². The van der Waals surface area contributed by atoms with Gasteiger partial charge < -0.3 is 23.5 Å². The second-order valence-corrected chi connectivity index (χ2v) is 7.50. The second kappa shape index (κ2) is 8.55. The van der Waals surface area contributed by atoms with Crippen LogP contribution in [0.4, 0.5) is 0 Å². The molecule has 7 nitrogen and oxygen atoms in total. The molecule has 0 spiro atoms. The Hall–Kier alpha value is -3.74. The van der Waals surface area contributed by atoms with Gasteiger partial charge in [0.15, 0.2) is 6.61 Å². The van der Waals surface area contributed by atoms with Crippen LogP contribution in [-0.2, 0) is 16.1 Å². The molecular weight excluding hydrogens is 396 g/mol. The van der Waals surface area contributed by atoms with Crippen molar-refractivity contribution in [2.24, 2.45) is 0 Å². The van der Waals surface area contributed by atoms with Crippen LogP contribution in [0.25, 0.3) is 11.0 Å². The Labute approximate surface area is 179 Å². The van der Waals surface area contributed by atoms with Crippen LogP contribution in [0.1, 0.15) is 46.2 Å². The van der Waals surface area contributed by atoms with E-state index in [1.54, 1.807) is 12.3 Å². The molecule has 0 aliphatic rings. The highest BCUT2D eigenvalue weighted by Gasteiger charge is 2.20. The number of aromatic nitrogens is 1. The molecule has 4 aromatic rings. The first-order valence-corrected chi connectivity index (χ1v) is 10.1. The lowest BCUT2D eigenvalue weighted by atomic mass is 10.2. The van der Waals surface area contributed by atoms with E-state index in [1.807, 2.05) is 67.8 Å². The van der Waals surface area contributed by atoms with Gasteiger partial charge in [0.1, 0.15) is 17.1 Å². The van der Waals surface area contributed by atoms with Gasteiger partial charge in [-0.15, -0.1) is 0 Å². The zero-order valence-corrected chi connectivity index (χ0v) is 17.7. The maximum absolute atomic E-state index is 12.6. The van der Waals surface area contributed by atoms with Gasteiger partial charge in [-0.05, 0) is 51.1 Å². The van der Waals surface area contributed by atoms with E-state index < -0.39 is 11.9 Å². The van der Waals surface area contributed by atoms with Crippen molar-refractivity contribution in [3.8, 4) is 0 Å². The number of nitrogens with one attached hydrogen (secondary N) is 1. The molecular formula is C24H24N2O5. The Bertz CT molecular complexity index is 1180. The molecule has 0 radical (unpaired) electrons. The molecule has 1 atom stereocenters. The Morgan fingerprint density at radius 2 is 1.94 bits per heavy atom. The number of carbonyl (C=O) groups is 2. The van der Waals surface area contributed by atoms with E-state index in [2.05, 4.69) is 5.32 Å². The van der Waals surface area contributed by atoms with Crippen LogP contribution in [0, 0.1) is 13.8 Å². The number of furan rings is 2. The van der Waals surface area contributed by atoms with Gasteiger partial charge in [-0.2, -0.15) is 0 Å². The summed E-state index contributed by atoms with van der Waals surface area (Å²) in [7, 11) is 0. The van der Waals surface area contributed by atoms with Gasteiger partial charge in [0.05, 0.1) is 24.4 Å². The molecule has 0 aliphatic carbocycles. The molecule has 1 aromatic carbocycles. The summed E-state index contributed by atoms with van der Waals surface area (Å²) in [5.74, 6) is 0.499. The fourth-order valence-corrected chi connectivity index (χ4v) is 3.59. The number of hydrogen-bond acceptors (Lipinski definition) is 5. The van der Waals surface area contributed by atoms with E-state index in [0.717, 1.165) is 28.1 Å².